The molecule has 1 fully saturated rings. The van der Waals surface area contributed by atoms with Gasteiger partial charge in [0.05, 0.1) is 11.2 Å². The lowest BCUT2D eigenvalue weighted by Gasteiger charge is -2.37. The van der Waals surface area contributed by atoms with E-state index in [0.29, 0.717) is 12.2 Å². The Kier molecular flexibility index (Phi) is 9.27. The van der Waals surface area contributed by atoms with Gasteiger partial charge in [-0.15, -0.1) is 35.0 Å². The molecule has 0 saturated heterocycles. The van der Waals surface area contributed by atoms with Crippen LogP contribution in [0.5, 0.6) is 0 Å². The van der Waals surface area contributed by atoms with E-state index in [0.717, 1.165) is 36.6 Å². The molecule has 2 aromatic rings. The van der Waals surface area contributed by atoms with E-state index in [1.807, 2.05) is 23.1 Å². The van der Waals surface area contributed by atoms with Crippen molar-refractivity contribution in [1.29, 1.82) is 0 Å². The van der Waals surface area contributed by atoms with Gasteiger partial charge in [-0.25, -0.2) is 22.5 Å². The molecule has 1 saturated carbocycles. The Hall–Kier alpha value is -1.49. The van der Waals surface area contributed by atoms with Gasteiger partial charge in [-0.05, 0) is 48.4 Å². The number of pyridine rings is 1. The number of nitrogens with zero attached hydrogens (tertiary/aromatic N) is 2. The third-order valence-corrected chi connectivity index (χ3v) is 9.21. The van der Waals surface area contributed by atoms with Crippen LogP contribution in [0.1, 0.15) is 31.2 Å². The summed E-state index contributed by atoms with van der Waals surface area (Å²) in [5.41, 5.74) is 3.53. The van der Waals surface area contributed by atoms with E-state index in [-0.39, 0.29) is 41.7 Å². The molecule has 1 aliphatic heterocycles. The summed E-state index contributed by atoms with van der Waals surface area (Å²) in [7, 11) is -5.70. The summed E-state index contributed by atoms with van der Waals surface area (Å²) in [5, 5.41) is 8.68. The normalized spacial score (nSPS) is 26.9. The van der Waals surface area contributed by atoms with Crippen molar-refractivity contribution in [2.24, 2.45) is 16.0 Å². The second-order valence-electron chi connectivity index (χ2n) is 7.76. The van der Waals surface area contributed by atoms with Crippen molar-refractivity contribution >= 4 is 56.3 Å². The van der Waals surface area contributed by atoms with Crippen LogP contribution in [-0.2, 0) is 10.0 Å². The van der Waals surface area contributed by atoms with Gasteiger partial charge in [-0.3, -0.25) is 10.1 Å². The Morgan fingerprint density at radius 1 is 1.12 bits per heavy atom. The molecule has 0 amide bonds. The van der Waals surface area contributed by atoms with Crippen LogP contribution in [-0.4, -0.2) is 30.7 Å². The van der Waals surface area contributed by atoms with Crippen LogP contribution in [0.3, 0.4) is 0 Å². The fourth-order valence-electron chi connectivity index (χ4n) is 4.03. The van der Waals surface area contributed by atoms with Gasteiger partial charge in [0.25, 0.3) is 0 Å². The zero-order valence-electron chi connectivity index (χ0n) is 17.3. The smallest absolute Gasteiger partial charge is 0.243 e. The van der Waals surface area contributed by atoms with E-state index in [2.05, 4.69) is 14.7 Å². The van der Waals surface area contributed by atoms with Gasteiger partial charge >= 0.3 is 0 Å². The first-order valence-electron chi connectivity index (χ1n) is 9.88. The minimum atomic E-state index is -3.94. The molecule has 1 aliphatic carbocycles. The maximum absolute atomic E-state index is 14.1. The summed E-state index contributed by atoms with van der Waals surface area (Å²) in [4.78, 5) is 8.32. The van der Waals surface area contributed by atoms with E-state index in [4.69, 9.17) is 5.14 Å². The Balaban J connectivity index is 0.00000181. The summed E-state index contributed by atoms with van der Waals surface area (Å²) in [6.07, 6.45) is 7.00. The molecule has 1 aromatic carbocycles. The summed E-state index contributed by atoms with van der Waals surface area (Å²) >= 11 is 0. The fourth-order valence-corrected chi connectivity index (χ4v) is 7.75. The predicted molar refractivity (Wildman–Crippen MR) is 134 cm³/mol. The molecule has 11 heteroatoms. The molecular weight excluding hydrogens is 494 g/mol. The molecule has 1 aromatic heterocycles. The lowest BCUT2D eigenvalue weighted by Crippen LogP contribution is -2.44. The first kappa shape index (κ1) is 26.8. The van der Waals surface area contributed by atoms with Crippen LogP contribution in [0.15, 0.2) is 64.1 Å². The number of nitrogens with one attached hydrogen (secondary N) is 1. The lowest BCUT2D eigenvalue weighted by atomic mass is 9.86. The molecule has 32 heavy (non-hydrogen) atoms. The molecule has 0 spiro atoms. The molecule has 6 nitrogen and oxygen atoms in total. The van der Waals surface area contributed by atoms with Gasteiger partial charge in [0.1, 0.15) is 10.7 Å². The van der Waals surface area contributed by atoms with Crippen LogP contribution >= 0.6 is 35.0 Å². The maximum atomic E-state index is 14.1. The van der Waals surface area contributed by atoms with Crippen molar-refractivity contribution < 1.29 is 12.8 Å². The first-order chi connectivity index (χ1) is 14.4. The number of benzene rings is 1. The second kappa shape index (κ2) is 11.1. The molecular formula is C21H27Cl2FN4O2S2. The predicted octanol–water partition coefficient (Wildman–Crippen LogP) is 4.62. The minimum absolute atomic E-state index is 0. The molecule has 3 unspecified atom stereocenters. The van der Waals surface area contributed by atoms with Crippen molar-refractivity contribution in [3.05, 3.63) is 65.6 Å². The standard InChI is InChI=1S/C21H25FN4O2S2.2ClH/c22-18-8-2-4-10-21(18)30(27,28)26-19-9-3-1-6-17(19)13-29(23)14-20(25-15-29)16-7-5-11-24-12-16;;/h2,4-5,7-8,10-12,14-15,17,19,26H,1,3,6,9,13,23H2;2*1H. The number of sulfonamides is 1. The highest BCUT2D eigenvalue weighted by Crippen LogP contribution is 2.49. The molecule has 3 atom stereocenters. The van der Waals surface area contributed by atoms with Crippen LogP contribution in [0.25, 0.3) is 5.70 Å². The minimum Gasteiger partial charge on any atom is -0.287 e. The molecule has 3 N–H and O–H groups in total. The van der Waals surface area contributed by atoms with Gasteiger partial charge in [-0.2, -0.15) is 0 Å². The highest BCUT2D eigenvalue weighted by Gasteiger charge is 2.34. The highest BCUT2D eigenvalue weighted by molar-refractivity contribution is 8.44. The number of hydrogen-bond acceptors (Lipinski definition) is 5. The number of nitrogens with two attached hydrogens (primary N) is 1. The molecule has 0 bridgehead atoms. The third kappa shape index (κ3) is 6.09. The van der Waals surface area contributed by atoms with E-state index in [1.165, 1.54) is 18.2 Å². The number of halogens is 3. The average molecular weight is 522 g/mol. The zero-order chi connectivity index (χ0) is 21.2. The average Bonchev–Trinajstić information content (AvgIpc) is 3.12. The maximum Gasteiger partial charge on any atom is 0.243 e. The van der Waals surface area contributed by atoms with E-state index < -0.39 is 26.1 Å². The van der Waals surface area contributed by atoms with Gasteiger partial charge in [0, 0.05) is 29.8 Å². The van der Waals surface area contributed by atoms with Crippen molar-refractivity contribution in [3.8, 4) is 0 Å². The number of rotatable bonds is 6. The monoisotopic (exact) mass is 520 g/mol. The molecule has 2 heterocycles. The Morgan fingerprint density at radius 2 is 1.88 bits per heavy atom. The van der Waals surface area contributed by atoms with Gasteiger partial charge in [-0.1, -0.05) is 25.0 Å². The molecule has 2 aliphatic rings. The van der Waals surface area contributed by atoms with Crippen molar-refractivity contribution in [1.82, 2.24) is 9.71 Å². The Labute approximate surface area is 202 Å². The summed E-state index contributed by atoms with van der Waals surface area (Å²) in [6.45, 7) is 0. The molecule has 0 radical (unpaired) electrons. The zero-order valence-corrected chi connectivity index (χ0v) is 20.5. The molecule has 4 rings (SSSR count). The fraction of sp³-hybridized carbons (Fsp3) is 0.333. The van der Waals surface area contributed by atoms with Crippen LogP contribution in [0.4, 0.5) is 4.39 Å². The van der Waals surface area contributed by atoms with Crippen LogP contribution < -0.4 is 9.86 Å². The number of aromatic nitrogens is 1. The number of hydrogen-bond donors (Lipinski definition) is 2. The first-order valence-corrected chi connectivity index (χ1v) is 13.4. The Bertz CT molecular complexity index is 1090. The topological polar surface area (TPSA) is 97.4 Å². The summed E-state index contributed by atoms with van der Waals surface area (Å²) in [5.74, 6) is -0.0356. The van der Waals surface area contributed by atoms with E-state index in [9.17, 15) is 12.8 Å². The largest absolute Gasteiger partial charge is 0.287 e. The summed E-state index contributed by atoms with van der Waals surface area (Å²) in [6, 6.07) is 8.96. The van der Waals surface area contributed by atoms with Crippen LogP contribution in [0.2, 0.25) is 0 Å². The third-order valence-electron chi connectivity index (χ3n) is 5.52. The number of aliphatic imine (C=N–C) groups is 1. The highest BCUT2D eigenvalue weighted by atomic mass is 35.5. The quantitative estimate of drug-likeness (QED) is 0.580. The van der Waals surface area contributed by atoms with Crippen LogP contribution in [0, 0.1) is 11.7 Å². The van der Waals surface area contributed by atoms with Crippen molar-refractivity contribution in [2.45, 2.75) is 36.6 Å². The molecule has 176 valence electrons. The Morgan fingerprint density at radius 3 is 2.59 bits per heavy atom. The summed E-state index contributed by atoms with van der Waals surface area (Å²) < 4.78 is 42.4. The van der Waals surface area contributed by atoms with E-state index in [1.54, 1.807) is 12.4 Å². The van der Waals surface area contributed by atoms with Gasteiger partial charge in [0.15, 0.2) is 0 Å². The second-order valence-corrected chi connectivity index (χ2v) is 12.0. The van der Waals surface area contributed by atoms with Crippen molar-refractivity contribution in [3.63, 3.8) is 0 Å². The van der Waals surface area contributed by atoms with Gasteiger partial charge in [0.2, 0.25) is 10.0 Å². The SMILES string of the molecule is Cl.Cl.NS1(CC2CCCCC2NS(=O)(=O)c2ccccc2F)C=NC(c2cccnc2)=C1. The van der Waals surface area contributed by atoms with E-state index >= 15 is 0 Å². The van der Waals surface area contributed by atoms with Crippen molar-refractivity contribution in [2.75, 3.05) is 5.75 Å². The van der Waals surface area contributed by atoms with Gasteiger partial charge < -0.3 is 0 Å². The lowest BCUT2D eigenvalue weighted by molar-refractivity contribution is 0.314.